The lowest BCUT2D eigenvalue weighted by atomic mass is 9.64. The Morgan fingerprint density at radius 1 is 0.625 bits per heavy atom. The first kappa shape index (κ1) is 46.7. The van der Waals surface area contributed by atoms with Crippen LogP contribution < -0.4 is 0 Å². The molecule has 0 nitrogen and oxygen atoms in total. The Labute approximate surface area is 253 Å². The summed E-state index contributed by atoms with van der Waals surface area (Å²) >= 11 is 0. The molecule has 1 aliphatic rings. The zero-order valence-electron chi connectivity index (χ0n) is 28.3. The summed E-state index contributed by atoms with van der Waals surface area (Å²) in [4.78, 5) is 0. The minimum absolute atomic E-state index is 0. The number of allylic oxidation sites excluding steroid dienone is 20. The normalized spacial score (nSPS) is 13.9. The van der Waals surface area contributed by atoms with E-state index in [1.165, 1.54) is 5.57 Å². The molecule has 226 valence electrons. The Kier molecular flexibility index (Phi) is 33.7. The Morgan fingerprint density at radius 3 is 1.27 bits per heavy atom. The Bertz CT molecular complexity index is 941. The molecule has 0 fully saturated rings. The van der Waals surface area contributed by atoms with Gasteiger partial charge in [-0.1, -0.05) is 173 Å². The molecule has 0 aromatic carbocycles. The van der Waals surface area contributed by atoms with Gasteiger partial charge in [0.05, 0.1) is 5.41 Å². The molecule has 0 aromatic rings. The fourth-order valence-corrected chi connectivity index (χ4v) is 4.12. The van der Waals surface area contributed by atoms with Crippen LogP contribution in [0.2, 0.25) is 0 Å². The molecule has 0 aliphatic heterocycles. The SMILES string of the molecule is C.C=CC1=C(/C=C\C)C(/C=C\C)=C(C=C)C1(/C(C=C)=C/C=C(C)C)C(/C=C\C(=C)C)=C/C.CC.CC.CC.CC. The summed E-state index contributed by atoms with van der Waals surface area (Å²) in [5.74, 6) is 0. The summed E-state index contributed by atoms with van der Waals surface area (Å²) in [5, 5.41) is 0. The molecular weight excluding hydrogens is 480 g/mol. The maximum absolute atomic E-state index is 4.24. The third-order valence-electron chi connectivity index (χ3n) is 5.29. The molecule has 0 heteroatoms. The lowest BCUT2D eigenvalue weighted by Gasteiger charge is -2.37. The Morgan fingerprint density at radius 2 is 1.02 bits per heavy atom. The summed E-state index contributed by atoms with van der Waals surface area (Å²) < 4.78 is 0. The van der Waals surface area contributed by atoms with Gasteiger partial charge in [-0.25, -0.2) is 0 Å². The van der Waals surface area contributed by atoms with E-state index >= 15 is 0 Å². The number of rotatable bonds is 10. The lowest BCUT2D eigenvalue weighted by molar-refractivity contribution is 0.679. The van der Waals surface area contributed by atoms with Gasteiger partial charge in [0.2, 0.25) is 0 Å². The molecule has 1 aliphatic carbocycles. The van der Waals surface area contributed by atoms with Crippen LogP contribution in [0.15, 0.2) is 144 Å². The first-order valence-corrected chi connectivity index (χ1v) is 14.8. The molecule has 40 heavy (non-hydrogen) atoms. The molecule has 0 N–H and O–H groups in total. The molecule has 0 saturated heterocycles. The Hall–Kier alpha value is -3.12. The van der Waals surface area contributed by atoms with Gasteiger partial charge < -0.3 is 0 Å². The largest absolute Gasteiger partial charge is 0.0987 e. The summed E-state index contributed by atoms with van der Waals surface area (Å²) in [6, 6.07) is 0. The first-order chi connectivity index (χ1) is 18.8. The van der Waals surface area contributed by atoms with Gasteiger partial charge >= 0.3 is 0 Å². The van der Waals surface area contributed by atoms with Crippen molar-refractivity contribution in [3.8, 4) is 0 Å². The summed E-state index contributed by atoms with van der Waals surface area (Å²) in [5.41, 5.74) is 8.43. The zero-order valence-corrected chi connectivity index (χ0v) is 28.3. The Balaban J connectivity index is -0.000000414. The van der Waals surface area contributed by atoms with Crippen LogP contribution in [-0.2, 0) is 0 Å². The van der Waals surface area contributed by atoms with Gasteiger partial charge in [-0.05, 0) is 75.0 Å². The topological polar surface area (TPSA) is 0 Å². The standard InChI is InChI=1S/C31H38.4C2H6.CH4/c1-11-17-27-28(18-12-2)30(16-6)31(29(27)15-5,25(13-3)21-19-23(7)8)26(14-4)22-20-24(9)10;4*1-2;/h11-22H,3,5-6,9H2,1-2,4,7-8,10H3;4*1-2H3;1H4/b17-11-,18-12-,22-20-,25-21+,26-14+;;;;;. The van der Waals surface area contributed by atoms with Crippen molar-refractivity contribution in [2.45, 2.75) is 104 Å². The highest BCUT2D eigenvalue weighted by atomic mass is 14.5. The van der Waals surface area contributed by atoms with E-state index in [0.717, 1.165) is 39.0 Å². The van der Waals surface area contributed by atoms with Crippen molar-refractivity contribution in [1.29, 1.82) is 0 Å². The summed E-state index contributed by atoms with van der Waals surface area (Å²) in [6.45, 7) is 45.1. The van der Waals surface area contributed by atoms with Crippen molar-refractivity contribution in [1.82, 2.24) is 0 Å². The third kappa shape index (κ3) is 12.4. The van der Waals surface area contributed by atoms with Crippen molar-refractivity contribution in [3.05, 3.63) is 144 Å². The molecule has 0 unspecified atom stereocenters. The first-order valence-electron chi connectivity index (χ1n) is 14.8. The van der Waals surface area contributed by atoms with E-state index in [9.17, 15) is 0 Å². The van der Waals surface area contributed by atoms with Gasteiger partial charge in [0.25, 0.3) is 0 Å². The molecule has 0 spiro atoms. The highest BCUT2D eigenvalue weighted by molar-refractivity contribution is 5.76. The molecule has 0 atom stereocenters. The highest BCUT2D eigenvalue weighted by Crippen LogP contribution is 2.58. The molecule has 0 saturated carbocycles. The quantitative estimate of drug-likeness (QED) is 0.239. The second kappa shape index (κ2) is 28.9. The van der Waals surface area contributed by atoms with Crippen LogP contribution in [0.5, 0.6) is 0 Å². The summed E-state index contributed by atoms with van der Waals surface area (Å²) in [6.07, 6.45) is 25.1. The maximum atomic E-state index is 4.24. The van der Waals surface area contributed by atoms with Crippen LogP contribution in [0.25, 0.3) is 0 Å². The van der Waals surface area contributed by atoms with E-state index in [-0.39, 0.29) is 7.43 Å². The van der Waals surface area contributed by atoms with Gasteiger partial charge in [-0.15, -0.1) is 0 Å². The molecule has 0 amide bonds. The van der Waals surface area contributed by atoms with Crippen molar-refractivity contribution in [2.24, 2.45) is 5.41 Å². The van der Waals surface area contributed by atoms with E-state index in [4.69, 9.17) is 0 Å². The fourth-order valence-electron chi connectivity index (χ4n) is 4.12. The van der Waals surface area contributed by atoms with Crippen LogP contribution in [0.4, 0.5) is 0 Å². The lowest BCUT2D eigenvalue weighted by Crippen LogP contribution is -2.27. The van der Waals surface area contributed by atoms with Gasteiger partial charge in [0, 0.05) is 0 Å². The second-order valence-electron chi connectivity index (χ2n) is 7.81. The minimum Gasteiger partial charge on any atom is -0.0987 e. The van der Waals surface area contributed by atoms with Gasteiger partial charge in [-0.2, -0.15) is 0 Å². The highest BCUT2D eigenvalue weighted by Gasteiger charge is 2.47. The van der Waals surface area contributed by atoms with Crippen molar-refractivity contribution >= 4 is 0 Å². The molecule has 0 heterocycles. The monoisotopic (exact) mass is 547 g/mol. The van der Waals surface area contributed by atoms with Gasteiger partial charge in [0.1, 0.15) is 0 Å². The molecule has 0 bridgehead atoms. The minimum atomic E-state index is -0.568. The van der Waals surface area contributed by atoms with E-state index in [1.807, 2.05) is 94.4 Å². The van der Waals surface area contributed by atoms with E-state index < -0.39 is 5.41 Å². The van der Waals surface area contributed by atoms with E-state index in [0.29, 0.717) is 0 Å². The second-order valence-corrected chi connectivity index (χ2v) is 7.81. The zero-order chi connectivity index (χ0) is 31.6. The van der Waals surface area contributed by atoms with Crippen LogP contribution in [0.3, 0.4) is 0 Å². The van der Waals surface area contributed by atoms with Crippen LogP contribution in [0.1, 0.15) is 104 Å². The van der Waals surface area contributed by atoms with Gasteiger partial charge in [-0.3, -0.25) is 0 Å². The smallest absolute Gasteiger partial charge is 0.0709 e. The van der Waals surface area contributed by atoms with E-state index in [2.05, 4.69) is 102 Å². The fraction of sp³-hybridized carbons (Fsp3) is 0.400. The predicted molar refractivity (Wildman–Crippen MR) is 194 cm³/mol. The molecule has 1 rings (SSSR count). The van der Waals surface area contributed by atoms with Crippen LogP contribution in [-0.4, -0.2) is 0 Å². The van der Waals surface area contributed by atoms with Gasteiger partial charge in [0.15, 0.2) is 0 Å². The molecule has 0 aromatic heterocycles. The predicted octanol–water partition coefficient (Wildman–Crippen LogP) is 14.0. The van der Waals surface area contributed by atoms with Crippen LogP contribution in [0, 0.1) is 5.41 Å². The average molecular weight is 547 g/mol. The van der Waals surface area contributed by atoms with Crippen molar-refractivity contribution < 1.29 is 0 Å². The maximum Gasteiger partial charge on any atom is 0.0709 e. The molecule has 0 radical (unpaired) electrons. The number of hydrogen-bond acceptors (Lipinski definition) is 0. The van der Waals surface area contributed by atoms with Crippen molar-refractivity contribution in [3.63, 3.8) is 0 Å². The van der Waals surface area contributed by atoms with Crippen LogP contribution >= 0.6 is 0 Å². The third-order valence-corrected chi connectivity index (χ3v) is 5.29. The number of hydrogen-bond donors (Lipinski definition) is 0. The van der Waals surface area contributed by atoms with Crippen molar-refractivity contribution in [2.75, 3.05) is 0 Å². The average Bonchev–Trinajstić information content (AvgIpc) is 3.22. The van der Waals surface area contributed by atoms with E-state index in [1.54, 1.807) is 0 Å². The molecular formula is C40H66. The summed E-state index contributed by atoms with van der Waals surface area (Å²) in [7, 11) is 0.